The van der Waals surface area contributed by atoms with Crippen molar-refractivity contribution >= 4 is 27.5 Å². The van der Waals surface area contributed by atoms with Crippen LogP contribution in [0.25, 0.3) is 0 Å². The lowest BCUT2D eigenvalue weighted by atomic mass is 9.53. The van der Waals surface area contributed by atoms with Crippen LogP contribution in [0, 0.1) is 24.7 Å². The first-order chi connectivity index (χ1) is 10.5. The fourth-order valence-corrected chi connectivity index (χ4v) is 5.87. The second-order valence-corrected chi connectivity index (χ2v) is 8.84. The molecular formula is C19H25BrN2. The van der Waals surface area contributed by atoms with Gasteiger partial charge in [0.15, 0.2) is 0 Å². The molecule has 0 radical (unpaired) electrons. The van der Waals surface area contributed by atoms with Gasteiger partial charge in [-0.15, -0.1) is 0 Å². The zero-order valence-electron chi connectivity index (χ0n) is 13.5. The fourth-order valence-electron chi connectivity index (χ4n) is 5.51. The summed E-state index contributed by atoms with van der Waals surface area (Å²) in [4.78, 5) is 5.22. The molecule has 1 aromatic carbocycles. The van der Waals surface area contributed by atoms with E-state index in [1.807, 2.05) is 0 Å². The average Bonchev–Trinajstić information content (AvgIpc) is 2.40. The minimum absolute atomic E-state index is 0.256. The van der Waals surface area contributed by atoms with Crippen molar-refractivity contribution in [3.05, 3.63) is 28.2 Å². The Balaban J connectivity index is 1.56. The molecule has 4 aliphatic rings. The van der Waals surface area contributed by atoms with Crippen LogP contribution >= 0.6 is 15.9 Å². The predicted molar refractivity (Wildman–Crippen MR) is 96.5 cm³/mol. The van der Waals surface area contributed by atoms with Gasteiger partial charge in [-0.05, 0) is 87.8 Å². The van der Waals surface area contributed by atoms with E-state index in [2.05, 4.69) is 53.3 Å². The van der Waals surface area contributed by atoms with E-state index in [-0.39, 0.29) is 5.54 Å². The van der Waals surface area contributed by atoms with E-state index in [1.165, 1.54) is 49.8 Å². The fraction of sp³-hybridized carbons (Fsp3) is 0.632. The molecule has 22 heavy (non-hydrogen) atoms. The van der Waals surface area contributed by atoms with Crippen molar-refractivity contribution in [1.29, 1.82) is 0 Å². The number of halogens is 1. The molecule has 0 amide bonds. The van der Waals surface area contributed by atoms with Gasteiger partial charge in [-0.2, -0.15) is 0 Å². The van der Waals surface area contributed by atoms with Crippen molar-refractivity contribution in [2.75, 3.05) is 5.32 Å². The second kappa shape index (κ2) is 5.36. The van der Waals surface area contributed by atoms with Crippen molar-refractivity contribution in [3.8, 4) is 0 Å². The smallest absolute Gasteiger partial charge is 0.0982 e. The Kier molecular flexibility index (Phi) is 3.60. The molecular weight excluding hydrogens is 336 g/mol. The highest BCUT2D eigenvalue weighted by atomic mass is 79.9. The van der Waals surface area contributed by atoms with Crippen LogP contribution in [0.4, 0.5) is 5.69 Å². The van der Waals surface area contributed by atoms with Crippen molar-refractivity contribution < 1.29 is 0 Å². The first kappa shape index (κ1) is 14.7. The zero-order chi connectivity index (χ0) is 15.3. The van der Waals surface area contributed by atoms with Crippen LogP contribution in [0.1, 0.15) is 51.0 Å². The maximum Gasteiger partial charge on any atom is 0.0982 e. The third kappa shape index (κ3) is 2.73. The molecule has 0 aromatic heterocycles. The van der Waals surface area contributed by atoms with Gasteiger partial charge in [-0.1, -0.05) is 22.0 Å². The Morgan fingerprint density at radius 3 is 2.32 bits per heavy atom. The number of nitrogens with zero attached hydrogens (tertiary/aromatic N) is 1. The Morgan fingerprint density at radius 1 is 1.14 bits per heavy atom. The molecule has 0 spiro atoms. The lowest BCUT2D eigenvalue weighted by Gasteiger charge is -2.55. The number of amidine groups is 1. The quantitative estimate of drug-likeness (QED) is 0.542. The SMILES string of the molecule is CC(=NC12CC3CC(CC(C3)C1)C2)Nc1cc(Br)ccc1C. The molecule has 0 unspecified atom stereocenters. The zero-order valence-corrected chi connectivity index (χ0v) is 15.1. The molecule has 118 valence electrons. The summed E-state index contributed by atoms with van der Waals surface area (Å²) in [6, 6.07) is 6.38. The van der Waals surface area contributed by atoms with Crippen LogP contribution < -0.4 is 5.32 Å². The highest BCUT2D eigenvalue weighted by Crippen LogP contribution is 2.57. The van der Waals surface area contributed by atoms with E-state index in [4.69, 9.17) is 4.99 Å². The Labute approximate surface area is 141 Å². The maximum absolute atomic E-state index is 5.22. The number of hydrogen-bond donors (Lipinski definition) is 1. The third-order valence-corrected chi connectivity index (χ3v) is 6.42. The van der Waals surface area contributed by atoms with Gasteiger partial charge in [0.25, 0.3) is 0 Å². The molecule has 4 bridgehead atoms. The van der Waals surface area contributed by atoms with E-state index >= 15 is 0 Å². The monoisotopic (exact) mass is 360 g/mol. The van der Waals surface area contributed by atoms with Gasteiger partial charge in [0.2, 0.25) is 0 Å². The normalized spacial score (nSPS) is 36.7. The van der Waals surface area contributed by atoms with Gasteiger partial charge in [0.1, 0.15) is 0 Å². The Hall–Kier alpha value is -0.830. The molecule has 1 N–H and O–H groups in total. The van der Waals surface area contributed by atoms with Crippen LogP contribution in [-0.4, -0.2) is 11.4 Å². The summed E-state index contributed by atoms with van der Waals surface area (Å²) in [5, 5.41) is 3.55. The maximum atomic E-state index is 5.22. The number of hydrogen-bond acceptors (Lipinski definition) is 1. The minimum atomic E-state index is 0.256. The van der Waals surface area contributed by atoms with Gasteiger partial charge in [0.05, 0.1) is 11.4 Å². The summed E-state index contributed by atoms with van der Waals surface area (Å²) >= 11 is 3.56. The Bertz CT molecular complexity index is 585. The largest absolute Gasteiger partial charge is 0.344 e. The van der Waals surface area contributed by atoms with Gasteiger partial charge >= 0.3 is 0 Å². The molecule has 0 atom stereocenters. The third-order valence-electron chi connectivity index (χ3n) is 5.93. The molecule has 1 aromatic rings. The number of anilines is 1. The van der Waals surface area contributed by atoms with Crippen molar-refractivity contribution in [2.24, 2.45) is 22.7 Å². The molecule has 2 nitrogen and oxygen atoms in total. The molecule has 0 aliphatic heterocycles. The van der Waals surface area contributed by atoms with Crippen LogP contribution in [0.2, 0.25) is 0 Å². The van der Waals surface area contributed by atoms with E-state index in [1.54, 1.807) is 0 Å². The molecule has 4 fully saturated rings. The van der Waals surface area contributed by atoms with Gasteiger partial charge in [0, 0.05) is 10.2 Å². The highest BCUT2D eigenvalue weighted by molar-refractivity contribution is 9.10. The first-order valence-electron chi connectivity index (χ1n) is 8.61. The molecule has 5 rings (SSSR count). The Morgan fingerprint density at radius 2 is 1.73 bits per heavy atom. The topological polar surface area (TPSA) is 24.4 Å². The summed E-state index contributed by atoms with van der Waals surface area (Å²) in [6.45, 7) is 4.28. The van der Waals surface area contributed by atoms with Crippen LogP contribution in [0.3, 0.4) is 0 Å². The summed E-state index contributed by atoms with van der Waals surface area (Å²) in [5.41, 5.74) is 2.69. The van der Waals surface area contributed by atoms with E-state index in [0.717, 1.165) is 28.1 Å². The lowest BCUT2D eigenvalue weighted by molar-refractivity contribution is 0.00167. The van der Waals surface area contributed by atoms with E-state index in [0.29, 0.717) is 0 Å². The summed E-state index contributed by atoms with van der Waals surface area (Å²) in [6.07, 6.45) is 8.42. The van der Waals surface area contributed by atoms with Crippen LogP contribution in [-0.2, 0) is 0 Å². The summed E-state index contributed by atoms with van der Waals surface area (Å²) in [5.74, 6) is 3.95. The van der Waals surface area contributed by atoms with Crippen molar-refractivity contribution in [2.45, 2.75) is 57.9 Å². The lowest BCUT2D eigenvalue weighted by Crippen LogP contribution is -2.49. The van der Waals surface area contributed by atoms with Gasteiger partial charge in [-0.3, -0.25) is 4.99 Å². The number of aryl methyl sites for hydroxylation is 1. The molecule has 0 saturated heterocycles. The molecule has 4 aliphatic carbocycles. The molecule has 0 heterocycles. The van der Waals surface area contributed by atoms with Gasteiger partial charge < -0.3 is 5.32 Å². The summed E-state index contributed by atoms with van der Waals surface area (Å²) in [7, 11) is 0. The number of benzene rings is 1. The van der Waals surface area contributed by atoms with Crippen molar-refractivity contribution in [1.82, 2.24) is 0 Å². The van der Waals surface area contributed by atoms with Crippen molar-refractivity contribution in [3.63, 3.8) is 0 Å². The summed E-state index contributed by atoms with van der Waals surface area (Å²) < 4.78 is 1.11. The van der Waals surface area contributed by atoms with E-state index in [9.17, 15) is 0 Å². The first-order valence-corrected chi connectivity index (χ1v) is 9.40. The molecule has 4 saturated carbocycles. The number of aliphatic imine (C=N–C) groups is 1. The number of nitrogens with one attached hydrogen (secondary N) is 1. The number of rotatable bonds is 2. The highest BCUT2D eigenvalue weighted by Gasteiger charge is 2.50. The van der Waals surface area contributed by atoms with Gasteiger partial charge in [-0.25, -0.2) is 0 Å². The average molecular weight is 361 g/mol. The van der Waals surface area contributed by atoms with Crippen LogP contribution in [0.5, 0.6) is 0 Å². The van der Waals surface area contributed by atoms with E-state index < -0.39 is 0 Å². The van der Waals surface area contributed by atoms with Crippen LogP contribution in [0.15, 0.2) is 27.7 Å². The minimum Gasteiger partial charge on any atom is -0.344 e. The predicted octanol–water partition coefficient (Wildman–Crippen LogP) is 5.56. The molecule has 3 heteroatoms. The second-order valence-electron chi connectivity index (χ2n) is 7.92. The standard InChI is InChI=1S/C19H25BrN2/c1-12-3-4-17(20)8-18(12)21-13(2)22-19-9-14-5-15(10-19)7-16(6-14)11-19/h3-4,8,14-16H,5-7,9-11H2,1-2H3,(H,21,22).